The first-order valence-corrected chi connectivity index (χ1v) is 11.4. The first kappa shape index (κ1) is 21.9. The Hall–Kier alpha value is -3.32. The molecule has 2 aromatic carbocycles. The van der Waals surface area contributed by atoms with Gasteiger partial charge in [0, 0.05) is 24.1 Å². The van der Waals surface area contributed by atoms with E-state index in [1.807, 2.05) is 22.9 Å². The van der Waals surface area contributed by atoms with E-state index in [-0.39, 0.29) is 6.61 Å². The Morgan fingerprint density at radius 1 is 0.969 bits per heavy atom. The number of nitrogens with one attached hydrogen (secondary N) is 1. The smallest absolute Gasteiger partial charge is 0.180 e. The minimum atomic E-state index is 0.0190. The number of aliphatic hydroxyl groups is 1. The number of rotatable bonds is 10. The summed E-state index contributed by atoms with van der Waals surface area (Å²) in [5, 5.41) is 29.3. The Bertz CT molecular complexity index is 1130. The summed E-state index contributed by atoms with van der Waals surface area (Å²) < 4.78 is 2.00. The first-order chi connectivity index (χ1) is 15.7. The van der Waals surface area contributed by atoms with Gasteiger partial charge in [-0.2, -0.15) is 5.10 Å². The fourth-order valence-corrected chi connectivity index (χ4v) is 4.13. The molecule has 0 spiro atoms. The average molecular weight is 431 g/mol. The summed E-state index contributed by atoms with van der Waals surface area (Å²) in [5.74, 6) is 0.654. The third-order valence-corrected chi connectivity index (χ3v) is 5.78. The van der Waals surface area contributed by atoms with Crippen LogP contribution in [0.25, 0.3) is 22.5 Å². The number of aliphatic hydroxyl groups excluding tert-OH is 1. The predicted molar refractivity (Wildman–Crippen MR) is 125 cm³/mol. The summed E-state index contributed by atoms with van der Waals surface area (Å²) in [4.78, 5) is 0. The maximum absolute atomic E-state index is 10.1. The molecule has 0 saturated carbocycles. The van der Waals surface area contributed by atoms with Gasteiger partial charge in [-0.3, -0.25) is 4.68 Å². The van der Waals surface area contributed by atoms with E-state index in [4.69, 9.17) is 5.10 Å². The summed E-state index contributed by atoms with van der Waals surface area (Å²) in [5.41, 5.74) is 7.60. The highest BCUT2D eigenvalue weighted by atomic mass is 16.3. The van der Waals surface area contributed by atoms with E-state index in [0.29, 0.717) is 5.82 Å². The zero-order valence-corrected chi connectivity index (χ0v) is 18.8. The Balaban J connectivity index is 1.63. The van der Waals surface area contributed by atoms with Gasteiger partial charge in [0.05, 0.1) is 18.0 Å². The number of benzene rings is 2. The Morgan fingerprint density at radius 3 is 2.41 bits per heavy atom. The van der Waals surface area contributed by atoms with E-state index in [0.717, 1.165) is 66.7 Å². The zero-order chi connectivity index (χ0) is 22.3. The van der Waals surface area contributed by atoms with E-state index in [2.05, 4.69) is 64.8 Å². The molecule has 0 saturated heterocycles. The first-order valence-electron chi connectivity index (χ1n) is 11.4. The van der Waals surface area contributed by atoms with Gasteiger partial charge in [-0.15, -0.1) is 5.10 Å². The van der Waals surface area contributed by atoms with E-state index < -0.39 is 0 Å². The monoisotopic (exact) mass is 430 g/mol. The standard InChI is InChI=1S/C25H30N6O/c1-3-5-10-23-22(24(17-32)31(28-23)15-4-2)16-18-11-13-19(14-12-18)20-8-6-7-9-21(20)25-26-29-30-27-25/h6-9,11-14,32H,3-5,10,15-17H2,1-2H3,(H,26,27,29,30). The molecular weight excluding hydrogens is 400 g/mol. The molecule has 0 amide bonds. The molecule has 7 nitrogen and oxygen atoms in total. The highest BCUT2D eigenvalue weighted by molar-refractivity contribution is 5.80. The molecule has 0 atom stereocenters. The number of aromatic amines is 1. The van der Waals surface area contributed by atoms with Crippen molar-refractivity contribution in [3.63, 3.8) is 0 Å². The van der Waals surface area contributed by atoms with Crippen molar-refractivity contribution in [2.24, 2.45) is 0 Å². The molecule has 0 aliphatic rings. The van der Waals surface area contributed by atoms with Gasteiger partial charge in [-0.1, -0.05) is 68.8 Å². The maximum atomic E-state index is 10.1. The minimum Gasteiger partial charge on any atom is -0.390 e. The molecule has 7 heteroatoms. The van der Waals surface area contributed by atoms with Crippen LogP contribution in [0.1, 0.15) is 55.6 Å². The molecule has 2 heterocycles. The second-order valence-corrected chi connectivity index (χ2v) is 8.03. The lowest BCUT2D eigenvalue weighted by atomic mass is 9.95. The number of tetrazole rings is 1. The van der Waals surface area contributed by atoms with Crippen molar-refractivity contribution in [1.29, 1.82) is 0 Å². The van der Waals surface area contributed by atoms with Crippen molar-refractivity contribution in [1.82, 2.24) is 30.4 Å². The number of aryl methyl sites for hydroxylation is 2. The van der Waals surface area contributed by atoms with Crippen molar-refractivity contribution in [2.75, 3.05) is 0 Å². The van der Waals surface area contributed by atoms with Crippen molar-refractivity contribution in [3.8, 4) is 22.5 Å². The van der Waals surface area contributed by atoms with E-state index >= 15 is 0 Å². The van der Waals surface area contributed by atoms with Crippen LogP contribution in [-0.2, 0) is 26.0 Å². The summed E-state index contributed by atoms with van der Waals surface area (Å²) in [7, 11) is 0. The van der Waals surface area contributed by atoms with Crippen LogP contribution in [0.3, 0.4) is 0 Å². The molecule has 0 aliphatic carbocycles. The van der Waals surface area contributed by atoms with Gasteiger partial charge in [0.1, 0.15) is 0 Å². The Kier molecular flexibility index (Phi) is 7.07. The summed E-state index contributed by atoms with van der Waals surface area (Å²) in [6.07, 6.45) is 4.95. The zero-order valence-electron chi connectivity index (χ0n) is 18.8. The van der Waals surface area contributed by atoms with Crippen LogP contribution in [0.4, 0.5) is 0 Å². The van der Waals surface area contributed by atoms with Gasteiger partial charge in [-0.05, 0) is 46.4 Å². The Labute approximate surface area is 188 Å². The van der Waals surface area contributed by atoms with Crippen molar-refractivity contribution in [3.05, 3.63) is 71.0 Å². The van der Waals surface area contributed by atoms with Gasteiger partial charge < -0.3 is 5.11 Å². The van der Waals surface area contributed by atoms with Crippen LogP contribution in [0.2, 0.25) is 0 Å². The third-order valence-electron chi connectivity index (χ3n) is 5.78. The molecule has 0 fully saturated rings. The van der Waals surface area contributed by atoms with E-state index in [1.54, 1.807) is 0 Å². The molecule has 0 unspecified atom stereocenters. The fraction of sp³-hybridized carbons (Fsp3) is 0.360. The number of unbranched alkanes of at least 4 members (excludes halogenated alkanes) is 1. The number of H-pyrrole nitrogens is 1. The molecule has 32 heavy (non-hydrogen) atoms. The number of aromatic nitrogens is 6. The van der Waals surface area contributed by atoms with E-state index in [1.165, 1.54) is 11.1 Å². The number of hydrogen-bond acceptors (Lipinski definition) is 5. The Morgan fingerprint density at radius 2 is 1.75 bits per heavy atom. The highest BCUT2D eigenvalue weighted by Crippen LogP contribution is 2.30. The van der Waals surface area contributed by atoms with Gasteiger partial charge >= 0.3 is 0 Å². The van der Waals surface area contributed by atoms with Crippen LogP contribution in [0.15, 0.2) is 48.5 Å². The normalized spacial score (nSPS) is 11.2. The van der Waals surface area contributed by atoms with Gasteiger partial charge in [-0.25, -0.2) is 5.10 Å². The molecule has 4 aromatic rings. The number of hydrogen-bond donors (Lipinski definition) is 2. The quantitative estimate of drug-likeness (QED) is 0.385. The van der Waals surface area contributed by atoms with Crippen molar-refractivity contribution >= 4 is 0 Å². The second kappa shape index (κ2) is 10.3. The lowest BCUT2D eigenvalue weighted by molar-refractivity contribution is 0.266. The largest absolute Gasteiger partial charge is 0.390 e. The molecule has 0 bridgehead atoms. The van der Waals surface area contributed by atoms with Crippen LogP contribution in [0, 0.1) is 0 Å². The summed E-state index contributed by atoms with van der Waals surface area (Å²) >= 11 is 0. The molecule has 2 N–H and O–H groups in total. The average Bonchev–Trinajstić information content (AvgIpc) is 3.47. The maximum Gasteiger partial charge on any atom is 0.180 e. The van der Waals surface area contributed by atoms with Gasteiger partial charge in [0.15, 0.2) is 5.82 Å². The SMILES string of the molecule is CCCCc1nn(CCC)c(CO)c1Cc1ccc(-c2ccccc2-c2nnn[nH]2)cc1. The van der Waals surface area contributed by atoms with Gasteiger partial charge in [0.2, 0.25) is 0 Å². The number of nitrogens with zero attached hydrogens (tertiary/aromatic N) is 5. The summed E-state index contributed by atoms with van der Waals surface area (Å²) in [6.45, 7) is 5.19. The highest BCUT2D eigenvalue weighted by Gasteiger charge is 2.17. The van der Waals surface area contributed by atoms with Crippen molar-refractivity contribution in [2.45, 2.75) is 59.1 Å². The molecule has 0 radical (unpaired) electrons. The molecule has 4 rings (SSSR count). The predicted octanol–water partition coefficient (Wildman–Crippen LogP) is 4.57. The van der Waals surface area contributed by atoms with Gasteiger partial charge in [0.25, 0.3) is 0 Å². The van der Waals surface area contributed by atoms with Crippen LogP contribution < -0.4 is 0 Å². The van der Waals surface area contributed by atoms with Crippen molar-refractivity contribution < 1.29 is 5.11 Å². The molecular formula is C25H30N6O. The van der Waals surface area contributed by atoms with E-state index in [9.17, 15) is 5.11 Å². The summed E-state index contributed by atoms with van der Waals surface area (Å²) in [6, 6.07) is 16.7. The lowest BCUT2D eigenvalue weighted by Gasteiger charge is -2.10. The minimum absolute atomic E-state index is 0.0190. The fourth-order valence-electron chi connectivity index (χ4n) is 4.13. The molecule has 166 valence electrons. The molecule has 2 aromatic heterocycles. The second-order valence-electron chi connectivity index (χ2n) is 8.03. The topological polar surface area (TPSA) is 92.5 Å². The van der Waals surface area contributed by atoms with Crippen LogP contribution >= 0.6 is 0 Å². The molecule has 0 aliphatic heterocycles. The van der Waals surface area contributed by atoms with Crippen LogP contribution in [0.5, 0.6) is 0 Å². The third kappa shape index (κ3) is 4.62. The van der Waals surface area contributed by atoms with Crippen LogP contribution in [-0.4, -0.2) is 35.5 Å². The lowest BCUT2D eigenvalue weighted by Crippen LogP contribution is -2.05.